The molecule has 4 heterocycles. The number of hydrogen-bond acceptors (Lipinski definition) is 8. The van der Waals surface area contributed by atoms with Crippen molar-refractivity contribution >= 4 is 16.6 Å². The van der Waals surface area contributed by atoms with Gasteiger partial charge in [0.1, 0.15) is 11.8 Å². The number of benzene rings is 1. The molecule has 3 aromatic heterocycles. The van der Waals surface area contributed by atoms with Crippen LogP contribution in [0.4, 0.5) is 0 Å². The van der Waals surface area contributed by atoms with E-state index in [1.165, 1.54) is 44.9 Å². The van der Waals surface area contributed by atoms with Gasteiger partial charge in [-0.2, -0.15) is 4.52 Å². The highest BCUT2D eigenvalue weighted by Crippen LogP contribution is 2.37. The largest absolute Gasteiger partial charge is 0.497 e. The van der Waals surface area contributed by atoms with Crippen LogP contribution in [0.1, 0.15) is 81.3 Å². The third-order valence-corrected chi connectivity index (χ3v) is 7.49. The average Bonchev–Trinajstić information content (AvgIpc) is 3.50. The Kier molecular flexibility index (Phi) is 5.82. The van der Waals surface area contributed by atoms with E-state index in [1.807, 2.05) is 16.6 Å². The molecular weight excluding hydrogens is 430 g/mol. The number of rotatable bonds is 5. The summed E-state index contributed by atoms with van der Waals surface area (Å²) >= 11 is 0. The van der Waals surface area contributed by atoms with Crippen molar-refractivity contribution in [2.45, 2.75) is 69.9 Å². The Labute approximate surface area is 198 Å². The molecule has 0 N–H and O–H groups in total. The Balaban J connectivity index is 1.54. The van der Waals surface area contributed by atoms with E-state index in [-0.39, 0.29) is 6.04 Å². The molecule has 1 aliphatic heterocycles. The lowest BCUT2D eigenvalue weighted by atomic mass is 9.95. The smallest absolute Gasteiger partial charge is 0.185 e. The fourth-order valence-electron chi connectivity index (χ4n) is 5.74. The Bertz CT molecular complexity index is 1270. The summed E-state index contributed by atoms with van der Waals surface area (Å²) in [6.07, 6.45) is 10.9. The average molecular weight is 462 g/mol. The fraction of sp³-hybridized carbons (Fsp3) is 0.583. The van der Waals surface area contributed by atoms with E-state index in [0.29, 0.717) is 6.04 Å². The summed E-state index contributed by atoms with van der Waals surface area (Å²) in [6, 6.07) is 8.50. The second-order valence-corrected chi connectivity index (χ2v) is 9.56. The second-order valence-electron chi connectivity index (χ2n) is 9.56. The molecule has 34 heavy (non-hydrogen) atoms. The van der Waals surface area contributed by atoms with Gasteiger partial charge in [0.15, 0.2) is 11.5 Å². The number of tetrazole rings is 2. The summed E-state index contributed by atoms with van der Waals surface area (Å²) in [6.45, 7) is 2.02. The van der Waals surface area contributed by atoms with Crippen molar-refractivity contribution in [3.05, 3.63) is 35.7 Å². The SMILES string of the molecule is COc1ccc2cc([C@@H](c3nnnn3C3CCCCC3)N3CCCCCC3)c3nnnn3c2c1. The van der Waals surface area contributed by atoms with Gasteiger partial charge in [-0.1, -0.05) is 32.1 Å². The summed E-state index contributed by atoms with van der Waals surface area (Å²) in [5.41, 5.74) is 2.72. The van der Waals surface area contributed by atoms with Gasteiger partial charge in [-0.05, 0) is 77.8 Å². The summed E-state index contributed by atoms with van der Waals surface area (Å²) in [5, 5.41) is 27.3. The van der Waals surface area contributed by atoms with Gasteiger partial charge in [0.2, 0.25) is 0 Å². The topological polar surface area (TPSA) is 99.2 Å². The highest BCUT2D eigenvalue weighted by molar-refractivity contribution is 5.84. The predicted octanol–water partition coefficient (Wildman–Crippen LogP) is 3.74. The van der Waals surface area contributed by atoms with Crippen molar-refractivity contribution in [3.8, 4) is 5.75 Å². The van der Waals surface area contributed by atoms with E-state index >= 15 is 0 Å². The van der Waals surface area contributed by atoms with Gasteiger partial charge in [-0.15, -0.1) is 10.2 Å². The van der Waals surface area contributed by atoms with E-state index in [0.717, 1.165) is 59.6 Å². The predicted molar refractivity (Wildman–Crippen MR) is 127 cm³/mol. The maximum atomic E-state index is 5.46. The van der Waals surface area contributed by atoms with E-state index in [1.54, 1.807) is 7.11 Å². The highest BCUT2D eigenvalue weighted by atomic mass is 16.5. The maximum absolute atomic E-state index is 5.46. The zero-order valence-corrected chi connectivity index (χ0v) is 19.7. The number of ether oxygens (including phenoxy) is 1. The molecule has 10 nitrogen and oxygen atoms in total. The van der Waals surface area contributed by atoms with Gasteiger partial charge in [0, 0.05) is 17.0 Å². The Morgan fingerprint density at radius 2 is 1.65 bits per heavy atom. The van der Waals surface area contributed by atoms with Crippen LogP contribution in [0.5, 0.6) is 5.75 Å². The lowest BCUT2D eigenvalue weighted by Crippen LogP contribution is -2.34. The standard InChI is InChI=1S/C24H31N9O/c1-34-19-12-11-17-15-20(23-25-27-30-33(23)21(17)16-19)22(31-13-7-2-3-8-14-31)24-26-28-29-32(24)18-9-5-4-6-10-18/h11-12,15-16,18,22H,2-10,13-14H2,1H3/t22-/m0/s1. The Hall–Kier alpha value is -3.14. The number of pyridine rings is 1. The van der Waals surface area contributed by atoms with Crippen LogP contribution < -0.4 is 4.74 Å². The molecule has 0 bridgehead atoms. The van der Waals surface area contributed by atoms with Crippen molar-refractivity contribution in [2.24, 2.45) is 0 Å². The van der Waals surface area contributed by atoms with Crippen molar-refractivity contribution in [1.82, 2.24) is 45.1 Å². The Morgan fingerprint density at radius 3 is 2.44 bits per heavy atom. The molecule has 0 amide bonds. The third-order valence-electron chi connectivity index (χ3n) is 7.49. The van der Waals surface area contributed by atoms with Gasteiger partial charge >= 0.3 is 0 Å². The molecule has 0 radical (unpaired) electrons. The maximum Gasteiger partial charge on any atom is 0.185 e. The van der Waals surface area contributed by atoms with E-state index in [4.69, 9.17) is 4.74 Å². The lowest BCUT2D eigenvalue weighted by molar-refractivity contribution is 0.212. The van der Waals surface area contributed by atoms with Crippen LogP contribution >= 0.6 is 0 Å². The monoisotopic (exact) mass is 461 g/mol. The number of nitrogens with zero attached hydrogens (tertiary/aromatic N) is 9. The van der Waals surface area contributed by atoms with Gasteiger partial charge in [-0.3, -0.25) is 4.90 Å². The normalized spacial score (nSPS) is 19.4. The first-order valence-corrected chi connectivity index (χ1v) is 12.5. The lowest BCUT2D eigenvalue weighted by Gasteiger charge is -2.32. The van der Waals surface area contributed by atoms with Crippen LogP contribution in [0.15, 0.2) is 24.3 Å². The number of hydrogen-bond donors (Lipinski definition) is 0. The molecule has 1 atom stereocenters. The molecule has 0 spiro atoms. The molecule has 1 saturated carbocycles. The minimum Gasteiger partial charge on any atom is -0.497 e. The molecule has 1 aromatic carbocycles. The summed E-state index contributed by atoms with van der Waals surface area (Å²) in [7, 11) is 1.67. The molecule has 2 aliphatic rings. The molecule has 10 heteroatoms. The van der Waals surface area contributed by atoms with Crippen LogP contribution in [0.2, 0.25) is 0 Å². The van der Waals surface area contributed by atoms with Crippen LogP contribution in [-0.2, 0) is 0 Å². The van der Waals surface area contributed by atoms with Crippen LogP contribution in [0.3, 0.4) is 0 Å². The van der Waals surface area contributed by atoms with Gasteiger partial charge in [0.25, 0.3) is 0 Å². The number of likely N-dealkylation sites (tertiary alicyclic amines) is 1. The first kappa shape index (κ1) is 21.4. The van der Waals surface area contributed by atoms with Gasteiger partial charge in [-0.25, -0.2) is 4.68 Å². The molecular formula is C24H31N9O. The first-order valence-electron chi connectivity index (χ1n) is 12.5. The minimum absolute atomic E-state index is 0.102. The third kappa shape index (κ3) is 3.79. The quantitative estimate of drug-likeness (QED) is 0.443. The highest BCUT2D eigenvalue weighted by Gasteiger charge is 2.33. The van der Waals surface area contributed by atoms with Crippen molar-refractivity contribution < 1.29 is 4.74 Å². The molecule has 2 fully saturated rings. The van der Waals surface area contributed by atoms with E-state index in [9.17, 15) is 0 Å². The van der Waals surface area contributed by atoms with Crippen LogP contribution in [0.25, 0.3) is 16.6 Å². The summed E-state index contributed by atoms with van der Waals surface area (Å²) in [5.74, 6) is 1.69. The van der Waals surface area contributed by atoms with Crippen LogP contribution in [-0.4, -0.2) is 65.3 Å². The molecule has 4 aromatic rings. The summed E-state index contributed by atoms with van der Waals surface area (Å²) in [4.78, 5) is 2.54. The first-order chi connectivity index (χ1) is 16.8. The number of aromatic nitrogens is 8. The molecule has 6 rings (SSSR count). The number of methoxy groups -OCH3 is 1. The molecule has 1 saturated heterocycles. The van der Waals surface area contributed by atoms with Crippen molar-refractivity contribution in [3.63, 3.8) is 0 Å². The van der Waals surface area contributed by atoms with Crippen molar-refractivity contribution in [2.75, 3.05) is 20.2 Å². The second kappa shape index (κ2) is 9.25. The van der Waals surface area contributed by atoms with E-state index < -0.39 is 0 Å². The zero-order chi connectivity index (χ0) is 22.9. The summed E-state index contributed by atoms with van der Waals surface area (Å²) < 4.78 is 9.39. The van der Waals surface area contributed by atoms with E-state index in [2.05, 4.69) is 52.8 Å². The van der Waals surface area contributed by atoms with Crippen molar-refractivity contribution in [1.29, 1.82) is 0 Å². The molecule has 1 aliphatic carbocycles. The zero-order valence-electron chi connectivity index (χ0n) is 19.7. The van der Waals surface area contributed by atoms with Gasteiger partial charge in [0.05, 0.1) is 18.7 Å². The molecule has 178 valence electrons. The number of fused-ring (bicyclic) bond motifs is 3. The molecule has 0 unspecified atom stereocenters. The minimum atomic E-state index is -0.102. The van der Waals surface area contributed by atoms with Gasteiger partial charge < -0.3 is 4.74 Å². The van der Waals surface area contributed by atoms with Crippen LogP contribution in [0, 0.1) is 0 Å². The fourth-order valence-corrected chi connectivity index (χ4v) is 5.74. The Morgan fingerprint density at radius 1 is 0.882 bits per heavy atom.